The molecule has 2 fully saturated rings. The first-order valence-electron chi connectivity index (χ1n) is 9.22. The number of ether oxygens (including phenoxy) is 1. The molecule has 0 aromatic heterocycles. The van der Waals surface area contributed by atoms with E-state index >= 15 is 0 Å². The van der Waals surface area contributed by atoms with Crippen LogP contribution in [0.3, 0.4) is 0 Å². The van der Waals surface area contributed by atoms with E-state index < -0.39 is 15.8 Å². The van der Waals surface area contributed by atoms with Crippen LogP contribution in [-0.2, 0) is 14.6 Å². The van der Waals surface area contributed by atoms with Gasteiger partial charge >= 0.3 is 0 Å². The Morgan fingerprint density at radius 2 is 1.88 bits per heavy atom. The molecule has 26 heavy (non-hydrogen) atoms. The third-order valence-electron chi connectivity index (χ3n) is 5.78. The van der Waals surface area contributed by atoms with Gasteiger partial charge in [0.25, 0.3) is 0 Å². The summed E-state index contributed by atoms with van der Waals surface area (Å²) in [7, 11) is -1.97. The maximum atomic E-state index is 12.7. The smallest absolute Gasteiger partial charge is 0.226 e. The molecule has 2 heterocycles. The Morgan fingerprint density at radius 3 is 2.42 bits per heavy atom. The summed E-state index contributed by atoms with van der Waals surface area (Å²) in [4.78, 5) is 14.8. The molecule has 0 radical (unpaired) electrons. The number of amides is 1. The summed E-state index contributed by atoms with van der Waals surface area (Å²) in [6.45, 7) is 5.27. The number of carbonyl (C=O) groups is 1. The van der Waals surface area contributed by atoms with Crippen LogP contribution in [0.2, 0.25) is 0 Å². The van der Waals surface area contributed by atoms with Gasteiger partial charge in [-0.2, -0.15) is 0 Å². The van der Waals surface area contributed by atoms with Crippen molar-refractivity contribution in [2.45, 2.75) is 31.1 Å². The normalized spacial score (nSPS) is 20.9. The van der Waals surface area contributed by atoms with Crippen molar-refractivity contribution in [3.05, 3.63) is 24.3 Å². The Kier molecular flexibility index (Phi) is 5.58. The van der Waals surface area contributed by atoms with Crippen LogP contribution in [0.4, 0.5) is 0 Å². The molecule has 1 spiro atoms. The topological polar surface area (TPSA) is 75.7 Å². The van der Waals surface area contributed by atoms with Crippen LogP contribution in [0.25, 0.3) is 0 Å². The molecule has 0 saturated carbocycles. The molecule has 3 rings (SSSR count). The van der Waals surface area contributed by atoms with E-state index in [1.165, 1.54) is 25.7 Å². The molecule has 6 nitrogen and oxygen atoms in total. The van der Waals surface area contributed by atoms with Gasteiger partial charge in [-0.05, 0) is 55.5 Å². The summed E-state index contributed by atoms with van der Waals surface area (Å²) >= 11 is 0. The van der Waals surface area contributed by atoms with Crippen molar-refractivity contribution in [2.75, 3.05) is 39.0 Å². The van der Waals surface area contributed by atoms with Gasteiger partial charge in [-0.25, -0.2) is 8.42 Å². The van der Waals surface area contributed by atoms with E-state index in [4.69, 9.17) is 4.74 Å². The largest absolute Gasteiger partial charge is 0.497 e. The molecule has 1 atom stereocenters. The fourth-order valence-corrected chi connectivity index (χ4v) is 5.56. The van der Waals surface area contributed by atoms with Crippen molar-refractivity contribution < 1.29 is 17.9 Å². The van der Waals surface area contributed by atoms with E-state index in [2.05, 4.69) is 5.32 Å². The third kappa shape index (κ3) is 4.04. The Labute approximate surface area is 155 Å². The van der Waals surface area contributed by atoms with Crippen LogP contribution >= 0.6 is 0 Å². The molecule has 0 aliphatic carbocycles. The van der Waals surface area contributed by atoms with Crippen LogP contribution in [0.1, 0.15) is 26.2 Å². The van der Waals surface area contributed by atoms with E-state index in [1.807, 2.05) is 4.90 Å². The second-order valence-corrected chi connectivity index (χ2v) is 9.64. The molecule has 0 bridgehead atoms. The molecule has 1 unspecified atom stereocenters. The molecule has 7 heteroatoms. The van der Waals surface area contributed by atoms with Crippen molar-refractivity contribution in [1.29, 1.82) is 0 Å². The van der Waals surface area contributed by atoms with Crippen LogP contribution in [0, 0.1) is 11.3 Å². The van der Waals surface area contributed by atoms with Crippen molar-refractivity contribution in [1.82, 2.24) is 10.2 Å². The maximum Gasteiger partial charge on any atom is 0.226 e. The molecule has 2 aliphatic heterocycles. The van der Waals surface area contributed by atoms with E-state index in [9.17, 15) is 13.2 Å². The quantitative estimate of drug-likeness (QED) is 0.842. The van der Waals surface area contributed by atoms with E-state index in [1.54, 1.807) is 19.1 Å². The lowest BCUT2D eigenvalue weighted by atomic mass is 9.77. The van der Waals surface area contributed by atoms with Crippen LogP contribution in [0.15, 0.2) is 29.2 Å². The number of benzene rings is 1. The zero-order valence-corrected chi connectivity index (χ0v) is 16.3. The number of hydrogen-bond donors (Lipinski definition) is 1. The predicted molar refractivity (Wildman–Crippen MR) is 99.9 cm³/mol. The van der Waals surface area contributed by atoms with E-state index in [-0.39, 0.29) is 16.6 Å². The van der Waals surface area contributed by atoms with Gasteiger partial charge < -0.3 is 15.0 Å². The van der Waals surface area contributed by atoms with Gasteiger partial charge in [0.1, 0.15) is 5.75 Å². The molecule has 144 valence electrons. The first-order valence-corrected chi connectivity index (χ1v) is 10.9. The lowest BCUT2D eigenvalue weighted by Crippen LogP contribution is -2.46. The minimum Gasteiger partial charge on any atom is -0.497 e. The summed E-state index contributed by atoms with van der Waals surface area (Å²) < 4.78 is 30.3. The number of methoxy groups -OCH3 is 1. The molecule has 1 amide bonds. The number of carbonyl (C=O) groups excluding carboxylic acids is 1. The highest BCUT2D eigenvalue weighted by molar-refractivity contribution is 7.91. The number of hydrogen-bond acceptors (Lipinski definition) is 5. The second kappa shape index (κ2) is 7.56. The zero-order valence-electron chi connectivity index (χ0n) is 15.5. The second-order valence-electron chi connectivity index (χ2n) is 7.61. The van der Waals surface area contributed by atoms with Gasteiger partial charge in [0.05, 0.1) is 17.8 Å². The molecule has 1 aromatic carbocycles. The first-order chi connectivity index (χ1) is 12.4. The molecule has 2 aliphatic rings. The number of nitrogens with one attached hydrogen (secondary N) is 1. The highest BCUT2D eigenvalue weighted by Gasteiger charge is 2.39. The SMILES string of the molecule is COc1ccc(S(=O)(=O)CC(C)C(=O)N2CCC3(CCNC3)CC2)cc1. The van der Waals surface area contributed by atoms with Gasteiger partial charge in [0.15, 0.2) is 9.84 Å². The van der Waals surface area contributed by atoms with Crippen LogP contribution in [0.5, 0.6) is 5.75 Å². The molecule has 1 aromatic rings. The average Bonchev–Trinajstić information content (AvgIpc) is 3.09. The fourth-order valence-electron chi connectivity index (χ4n) is 4.02. The Bertz CT molecular complexity index is 729. The standard InChI is InChI=1S/C19H28N2O4S/c1-15(13-26(23,24)17-5-3-16(25-2)4-6-17)18(22)21-11-8-19(9-12-21)7-10-20-14-19/h3-6,15,20H,7-14H2,1-2H3. The van der Waals surface area contributed by atoms with Gasteiger partial charge in [0, 0.05) is 25.6 Å². The number of rotatable bonds is 5. The number of likely N-dealkylation sites (tertiary alicyclic amines) is 1. The Morgan fingerprint density at radius 1 is 1.23 bits per heavy atom. The van der Waals surface area contributed by atoms with Crippen LogP contribution < -0.4 is 10.1 Å². The summed E-state index contributed by atoms with van der Waals surface area (Å²) in [6.07, 6.45) is 3.18. The monoisotopic (exact) mass is 380 g/mol. The van der Waals surface area contributed by atoms with Gasteiger partial charge in [0.2, 0.25) is 5.91 Å². The summed E-state index contributed by atoms with van der Waals surface area (Å²) in [6, 6.07) is 6.31. The Balaban J connectivity index is 1.59. The van der Waals surface area contributed by atoms with Crippen molar-refractivity contribution >= 4 is 15.7 Å². The predicted octanol–water partition coefficient (Wildman–Crippen LogP) is 1.71. The van der Waals surface area contributed by atoms with Crippen molar-refractivity contribution in [3.63, 3.8) is 0 Å². The molecular formula is C19H28N2O4S. The van der Waals surface area contributed by atoms with Crippen molar-refractivity contribution in [2.24, 2.45) is 11.3 Å². The zero-order chi connectivity index (χ0) is 18.8. The highest BCUT2D eigenvalue weighted by Crippen LogP contribution is 2.37. The first kappa shape index (κ1) is 19.2. The summed E-state index contributed by atoms with van der Waals surface area (Å²) in [5, 5.41) is 3.42. The average molecular weight is 381 g/mol. The molecule has 1 N–H and O–H groups in total. The van der Waals surface area contributed by atoms with Crippen molar-refractivity contribution in [3.8, 4) is 5.75 Å². The third-order valence-corrected chi connectivity index (χ3v) is 7.71. The number of nitrogens with zero attached hydrogens (tertiary/aromatic N) is 1. The van der Waals surface area contributed by atoms with Crippen LogP contribution in [-0.4, -0.2) is 58.3 Å². The summed E-state index contributed by atoms with van der Waals surface area (Å²) in [5.74, 6) is -0.154. The minimum absolute atomic E-state index is 0.0529. The number of piperidine rings is 1. The fraction of sp³-hybridized carbons (Fsp3) is 0.632. The van der Waals surface area contributed by atoms with Gasteiger partial charge in [-0.1, -0.05) is 6.92 Å². The highest BCUT2D eigenvalue weighted by atomic mass is 32.2. The minimum atomic E-state index is -3.50. The van der Waals surface area contributed by atoms with E-state index in [0.717, 1.165) is 39.0 Å². The van der Waals surface area contributed by atoms with Gasteiger partial charge in [-0.15, -0.1) is 0 Å². The molecular weight excluding hydrogens is 352 g/mol. The summed E-state index contributed by atoms with van der Waals surface area (Å²) in [5.41, 5.74) is 0.342. The van der Waals surface area contributed by atoms with Gasteiger partial charge in [-0.3, -0.25) is 4.79 Å². The molecule has 2 saturated heterocycles. The lowest BCUT2D eigenvalue weighted by molar-refractivity contribution is -0.136. The maximum absolute atomic E-state index is 12.7. The number of sulfone groups is 1. The van der Waals surface area contributed by atoms with E-state index in [0.29, 0.717) is 11.2 Å². The lowest BCUT2D eigenvalue weighted by Gasteiger charge is -2.39. The Hall–Kier alpha value is -1.60.